The number of hydrogen-bond donors (Lipinski definition) is 2. The molecule has 1 amide bonds. The number of carbonyl (C=O) groups excluding carboxylic acids is 1. The van der Waals surface area contributed by atoms with Gasteiger partial charge in [-0.15, -0.1) is 0 Å². The fraction of sp³-hybridized carbons (Fsp3) is 0.429. The highest BCUT2D eigenvalue weighted by atomic mass is 16.6. The highest BCUT2D eigenvalue weighted by molar-refractivity contribution is 5.98. The van der Waals surface area contributed by atoms with Crippen LogP contribution < -0.4 is 11.1 Å². The summed E-state index contributed by atoms with van der Waals surface area (Å²) >= 11 is 0. The Morgan fingerprint density at radius 2 is 2.00 bits per heavy atom. The summed E-state index contributed by atoms with van der Waals surface area (Å²) in [4.78, 5) is 15.5. The smallest absolute Gasteiger partial charge is 0.407 e. The second kappa shape index (κ2) is 6.22. The molecule has 0 atom stereocenters. The van der Waals surface area contributed by atoms with Crippen molar-refractivity contribution in [1.82, 2.24) is 5.32 Å². The van der Waals surface area contributed by atoms with Gasteiger partial charge in [0.15, 0.2) is 0 Å². The number of nitrogens with zero attached hydrogens (tertiary/aromatic N) is 1. The predicted molar refractivity (Wildman–Crippen MR) is 76.2 cm³/mol. The maximum atomic E-state index is 11.6. The van der Waals surface area contributed by atoms with Gasteiger partial charge in [0, 0.05) is 19.2 Å². The zero-order valence-corrected chi connectivity index (χ0v) is 11.9. The molecule has 104 valence electrons. The Kier molecular flexibility index (Phi) is 4.92. The SMILES string of the molecule is CN=C(N)c1ccccc1CNC(=O)OC(C)(C)C. The van der Waals surface area contributed by atoms with E-state index < -0.39 is 11.7 Å². The van der Waals surface area contributed by atoms with Gasteiger partial charge in [-0.1, -0.05) is 24.3 Å². The van der Waals surface area contributed by atoms with Crippen molar-refractivity contribution in [1.29, 1.82) is 0 Å². The maximum Gasteiger partial charge on any atom is 0.407 e. The number of amides is 1. The standard InChI is InChI=1S/C14H21N3O2/c1-14(2,3)19-13(18)17-9-10-7-5-6-8-11(10)12(15)16-4/h5-8H,9H2,1-4H3,(H2,15,16)(H,17,18). The molecular formula is C14H21N3O2. The van der Waals surface area contributed by atoms with Gasteiger partial charge in [0.25, 0.3) is 0 Å². The van der Waals surface area contributed by atoms with Gasteiger partial charge >= 0.3 is 6.09 Å². The molecule has 0 aromatic heterocycles. The summed E-state index contributed by atoms with van der Waals surface area (Å²) in [6.45, 7) is 5.81. The van der Waals surface area contributed by atoms with E-state index in [0.29, 0.717) is 12.4 Å². The monoisotopic (exact) mass is 263 g/mol. The summed E-state index contributed by atoms with van der Waals surface area (Å²) < 4.78 is 5.17. The van der Waals surface area contributed by atoms with Crippen LogP contribution in [0.2, 0.25) is 0 Å². The Bertz CT molecular complexity index is 476. The molecule has 0 aliphatic rings. The summed E-state index contributed by atoms with van der Waals surface area (Å²) in [6.07, 6.45) is -0.450. The van der Waals surface area contributed by atoms with Crippen LogP contribution in [0.1, 0.15) is 31.9 Å². The van der Waals surface area contributed by atoms with E-state index in [1.54, 1.807) is 7.05 Å². The van der Waals surface area contributed by atoms with Gasteiger partial charge < -0.3 is 15.8 Å². The molecule has 0 radical (unpaired) electrons. The molecule has 0 unspecified atom stereocenters. The number of benzene rings is 1. The number of alkyl carbamates (subject to hydrolysis) is 1. The van der Waals surface area contributed by atoms with Crippen molar-refractivity contribution in [2.45, 2.75) is 32.9 Å². The molecule has 0 saturated heterocycles. The summed E-state index contributed by atoms with van der Waals surface area (Å²) in [5, 5.41) is 2.70. The normalized spacial score (nSPS) is 12.1. The summed E-state index contributed by atoms with van der Waals surface area (Å²) in [6, 6.07) is 7.53. The first-order chi connectivity index (χ1) is 8.83. The largest absolute Gasteiger partial charge is 0.444 e. The lowest BCUT2D eigenvalue weighted by Gasteiger charge is -2.20. The summed E-state index contributed by atoms with van der Waals surface area (Å²) in [5.74, 6) is 0.446. The number of nitrogens with two attached hydrogens (primary N) is 1. The third-order valence-corrected chi connectivity index (χ3v) is 2.36. The topological polar surface area (TPSA) is 76.7 Å². The lowest BCUT2D eigenvalue weighted by molar-refractivity contribution is 0.0523. The van der Waals surface area contributed by atoms with Gasteiger partial charge in [-0.25, -0.2) is 4.79 Å². The van der Waals surface area contributed by atoms with Crippen LogP contribution >= 0.6 is 0 Å². The molecule has 0 aliphatic carbocycles. The lowest BCUT2D eigenvalue weighted by atomic mass is 10.1. The van der Waals surface area contributed by atoms with Gasteiger partial charge in [0.1, 0.15) is 11.4 Å². The minimum atomic E-state index is -0.506. The average molecular weight is 263 g/mol. The van der Waals surface area contributed by atoms with Crippen LogP contribution in [0.5, 0.6) is 0 Å². The quantitative estimate of drug-likeness (QED) is 0.647. The van der Waals surface area contributed by atoms with E-state index in [1.807, 2.05) is 45.0 Å². The van der Waals surface area contributed by atoms with E-state index in [4.69, 9.17) is 10.5 Å². The van der Waals surface area contributed by atoms with Crippen molar-refractivity contribution < 1.29 is 9.53 Å². The molecule has 1 aromatic rings. The molecule has 5 nitrogen and oxygen atoms in total. The van der Waals surface area contributed by atoms with Gasteiger partial charge in [-0.2, -0.15) is 0 Å². The molecule has 5 heteroatoms. The van der Waals surface area contributed by atoms with E-state index in [2.05, 4.69) is 10.3 Å². The Labute approximate surface area is 113 Å². The van der Waals surface area contributed by atoms with Crippen molar-refractivity contribution in [3.05, 3.63) is 35.4 Å². The van der Waals surface area contributed by atoms with E-state index in [-0.39, 0.29) is 0 Å². The molecule has 0 aliphatic heterocycles. The summed E-state index contributed by atoms with van der Waals surface area (Å²) in [7, 11) is 1.63. The van der Waals surface area contributed by atoms with Crippen LogP contribution in [0.25, 0.3) is 0 Å². The van der Waals surface area contributed by atoms with Gasteiger partial charge in [-0.05, 0) is 26.3 Å². The molecule has 0 saturated carbocycles. The fourth-order valence-corrected chi connectivity index (χ4v) is 1.53. The molecule has 19 heavy (non-hydrogen) atoms. The van der Waals surface area contributed by atoms with Crippen molar-refractivity contribution in [2.75, 3.05) is 7.05 Å². The Morgan fingerprint density at radius 1 is 1.37 bits per heavy atom. The van der Waals surface area contributed by atoms with Crippen LogP contribution in [0.3, 0.4) is 0 Å². The third-order valence-electron chi connectivity index (χ3n) is 2.36. The first-order valence-electron chi connectivity index (χ1n) is 6.11. The minimum absolute atomic E-state index is 0.349. The Hall–Kier alpha value is -2.04. The van der Waals surface area contributed by atoms with E-state index in [0.717, 1.165) is 11.1 Å². The van der Waals surface area contributed by atoms with Gasteiger partial charge in [-0.3, -0.25) is 4.99 Å². The van der Waals surface area contributed by atoms with Crippen LogP contribution in [-0.4, -0.2) is 24.6 Å². The van der Waals surface area contributed by atoms with Crippen LogP contribution in [0, 0.1) is 0 Å². The Balaban J connectivity index is 2.71. The molecule has 3 N–H and O–H groups in total. The number of ether oxygens (including phenoxy) is 1. The first kappa shape index (κ1) is 15.0. The molecule has 0 fully saturated rings. The van der Waals surface area contributed by atoms with E-state index >= 15 is 0 Å². The highest BCUT2D eigenvalue weighted by Gasteiger charge is 2.16. The van der Waals surface area contributed by atoms with Gasteiger partial charge in [0.05, 0.1) is 0 Å². The second-order valence-corrected chi connectivity index (χ2v) is 5.12. The number of amidine groups is 1. The molecule has 0 bridgehead atoms. The average Bonchev–Trinajstić information content (AvgIpc) is 2.33. The third kappa shape index (κ3) is 4.99. The van der Waals surface area contributed by atoms with Crippen LogP contribution in [0.15, 0.2) is 29.3 Å². The molecule has 1 rings (SSSR count). The van der Waals surface area contributed by atoms with Crippen molar-refractivity contribution >= 4 is 11.9 Å². The van der Waals surface area contributed by atoms with E-state index in [1.165, 1.54) is 0 Å². The highest BCUT2D eigenvalue weighted by Crippen LogP contribution is 2.10. The van der Waals surface area contributed by atoms with Gasteiger partial charge in [0.2, 0.25) is 0 Å². The van der Waals surface area contributed by atoms with Crippen molar-refractivity contribution in [2.24, 2.45) is 10.7 Å². The molecule has 0 heterocycles. The molecular weight excluding hydrogens is 242 g/mol. The fourth-order valence-electron chi connectivity index (χ4n) is 1.53. The zero-order chi connectivity index (χ0) is 14.5. The number of aliphatic imine (C=N–C) groups is 1. The zero-order valence-electron chi connectivity index (χ0n) is 11.9. The molecule has 0 spiro atoms. The van der Waals surface area contributed by atoms with Crippen molar-refractivity contribution in [3.8, 4) is 0 Å². The second-order valence-electron chi connectivity index (χ2n) is 5.12. The number of hydrogen-bond acceptors (Lipinski definition) is 3. The number of nitrogens with one attached hydrogen (secondary N) is 1. The van der Waals surface area contributed by atoms with Crippen LogP contribution in [0.4, 0.5) is 4.79 Å². The number of rotatable bonds is 3. The minimum Gasteiger partial charge on any atom is -0.444 e. The number of carbonyl (C=O) groups is 1. The first-order valence-corrected chi connectivity index (χ1v) is 6.11. The maximum absolute atomic E-state index is 11.6. The van der Waals surface area contributed by atoms with E-state index in [9.17, 15) is 4.79 Å². The lowest BCUT2D eigenvalue weighted by Crippen LogP contribution is -2.32. The summed E-state index contributed by atoms with van der Waals surface area (Å²) in [5.41, 5.74) is 7.02. The Morgan fingerprint density at radius 3 is 2.58 bits per heavy atom. The van der Waals surface area contributed by atoms with Crippen molar-refractivity contribution in [3.63, 3.8) is 0 Å². The predicted octanol–water partition coefficient (Wildman–Crippen LogP) is 2.05. The molecule has 1 aromatic carbocycles. The van der Waals surface area contributed by atoms with Crippen LogP contribution in [-0.2, 0) is 11.3 Å².